The monoisotopic (exact) mass is 423 g/mol. The second-order valence-electron chi connectivity index (χ2n) is 8.65. The number of benzene rings is 1. The van der Waals surface area contributed by atoms with Crippen molar-refractivity contribution >= 4 is 11.9 Å². The van der Waals surface area contributed by atoms with Crippen LogP contribution >= 0.6 is 0 Å². The van der Waals surface area contributed by atoms with Crippen molar-refractivity contribution in [2.45, 2.75) is 51.5 Å². The summed E-state index contributed by atoms with van der Waals surface area (Å²) in [6, 6.07) is 8.41. The Morgan fingerprint density at radius 2 is 2.00 bits per heavy atom. The van der Waals surface area contributed by atoms with Gasteiger partial charge in [0.2, 0.25) is 11.8 Å². The molecular formula is C24H33N5O2. The second kappa shape index (κ2) is 9.98. The van der Waals surface area contributed by atoms with E-state index in [0.29, 0.717) is 18.3 Å². The minimum Gasteiger partial charge on any atom is -0.444 e. The number of nitrogens with one attached hydrogen (secondary N) is 2. The third-order valence-electron chi connectivity index (χ3n) is 6.29. The Morgan fingerprint density at radius 3 is 2.74 bits per heavy atom. The number of aryl methyl sites for hydroxylation is 1. The SMILES string of the molecule is CN=C(NCCc1coc(-c2ccc(C)cc2)n1)NC1CCN(C(=O)C2CCCC2)C1. The number of guanidine groups is 1. The number of carbonyl (C=O) groups is 1. The summed E-state index contributed by atoms with van der Waals surface area (Å²) in [4.78, 5) is 23.6. The van der Waals surface area contributed by atoms with Crippen LogP contribution in [0.3, 0.4) is 0 Å². The summed E-state index contributed by atoms with van der Waals surface area (Å²) in [7, 11) is 1.78. The Hall–Kier alpha value is -2.83. The predicted molar refractivity (Wildman–Crippen MR) is 122 cm³/mol. The number of rotatable bonds is 6. The van der Waals surface area contributed by atoms with Crippen molar-refractivity contribution in [2.75, 3.05) is 26.7 Å². The molecule has 2 fully saturated rings. The molecule has 1 saturated heterocycles. The van der Waals surface area contributed by atoms with Crippen molar-refractivity contribution in [2.24, 2.45) is 10.9 Å². The maximum atomic E-state index is 12.6. The Kier molecular flexibility index (Phi) is 6.89. The summed E-state index contributed by atoms with van der Waals surface area (Å²) in [6.07, 6.45) is 7.93. The molecule has 2 aromatic rings. The number of carbonyl (C=O) groups excluding carboxylic acids is 1. The van der Waals surface area contributed by atoms with Gasteiger partial charge < -0.3 is 20.0 Å². The summed E-state index contributed by atoms with van der Waals surface area (Å²) in [5.41, 5.74) is 3.11. The summed E-state index contributed by atoms with van der Waals surface area (Å²) in [5.74, 6) is 2.02. The van der Waals surface area contributed by atoms with Gasteiger partial charge in [0.25, 0.3) is 0 Å². The Balaban J connectivity index is 1.21. The zero-order chi connectivity index (χ0) is 21.6. The molecule has 7 heteroatoms. The molecule has 2 aliphatic rings. The number of hydrogen-bond acceptors (Lipinski definition) is 4. The van der Waals surface area contributed by atoms with E-state index in [0.717, 1.165) is 56.0 Å². The van der Waals surface area contributed by atoms with E-state index in [1.165, 1.54) is 18.4 Å². The lowest BCUT2D eigenvalue weighted by Crippen LogP contribution is -2.45. The number of likely N-dealkylation sites (tertiary alicyclic amines) is 1. The molecule has 1 atom stereocenters. The van der Waals surface area contributed by atoms with Crippen LogP contribution in [0.15, 0.2) is 39.9 Å². The van der Waals surface area contributed by atoms with E-state index in [2.05, 4.69) is 39.7 Å². The molecule has 0 radical (unpaired) electrons. The van der Waals surface area contributed by atoms with Gasteiger partial charge in [0, 0.05) is 50.6 Å². The summed E-state index contributed by atoms with van der Waals surface area (Å²) >= 11 is 0. The van der Waals surface area contributed by atoms with E-state index in [1.807, 2.05) is 17.0 Å². The van der Waals surface area contributed by atoms with Crippen LogP contribution in [0.1, 0.15) is 43.4 Å². The molecule has 2 heterocycles. The minimum absolute atomic E-state index is 0.247. The van der Waals surface area contributed by atoms with Crippen LogP contribution < -0.4 is 10.6 Å². The van der Waals surface area contributed by atoms with Crippen LogP contribution in [-0.4, -0.2) is 54.5 Å². The highest BCUT2D eigenvalue weighted by Crippen LogP contribution is 2.27. The lowest BCUT2D eigenvalue weighted by molar-refractivity contribution is -0.134. The van der Waals surface area contributed by atoms with Crippen molar-refractivity contribution in [1.29, 1.82) is 0 Å². The maximum Gasteiger partial charge on any atom is 0.226 e. The second-order valence-corrected chi connectivity index (χ2v) is 8.65. The fourth-order valence-electron chi connectivity index (χ4n) is 4.46. The van der Waals surface area contributed by atoms with E-state index < -0.39 is 0 Å². The van der Waals surface area contributed by atoms with Gasteiger partial charge in [-0.25, -0.2) is 4.98 Å². The lowest BCUT2D eigenvalue weighted by atomic mass is 10.1. The van der Waals surface area contributed by atoms with E-state index >= 15 is 0 Å². The molecule has 0 spiro atoms. The predicted octanol–water partition coefficient (Wildman–Crippen LogP) is 3.15. The molecule has 7 nitrogen and oxygen atoms in total. The van der Waals surface area contributed by atoms with Crippen molar-refractivity contribution in [3.8, 4) is 11.5 Å². The summed E-state index contributed by atoms with van der Waals surface area (Å²) in [5, 5.41) is 6.82. The average molecular weight is 424 g/mol. The Morgan fingerprint density at radius 1 is 1.23 bits per heavy atom. The molecule has 166 valence electrons. The van der Waals surface area contributed by atoms with Crippen LogP contribution in [0.2, 0.25) is 0 Å². The van der Waals surface area contributed by atoms with Gasteiger partial charge in [0.05, 0.1) is 5.69 Å². The first-order valence-electron chi connectivity index (χ1n) is 11.4. The molecule has 0 bridgehead atoms. The quantitative estimate of drug-likeness (QED) is 0.551. The fourth-order valence-corrected chi connectivity index (χ4v) is 4.46. The van der Waals surface area contributed by atoms with Crippen LogP contribution in [0.5, 0.6) is 0 Å². The molecule has 31 heavy (non-hydrogen) atoms. The van der Waals surface area contributed by atoms with E-state index in [-0.39, 0.29) is 12.0 Å². The lowest BCUT2D eigenvalue weighted by Gasteiger charge is -2.21. The molecule has 1 unspecified atom stereocenters. The fraction of sp³-hybridized carbons (Fsp3) is 0.542. The molecule has 1 amide bonds. The van der Waals surface area contributed by atoms with Gasteiger partial charge in [-0.3, -0.25) is 9.79 Å². The number of aromatic nitrogens is 1. The normalized spacial score (nSPS) is 19.7. The van der Waals surface area contributed by atoms with E-state index in [1.54, 1.807) is 13.3 Å². The number of hydrogen-bond donors (Lipinski definition) is 2. The number of aliphatic imine (C=N–C) groups is 1. The summed E-state index contributed by atoms with van der Waals surface area (Å²) < 4.78 is 5.64. The molecule has 1 saturated carbocycles. The van der Waals surface area contributed by atoms with Crippen LogP contribution in [-0.2, 0) is 11.2 Å². The molecule has 1 aliphatic carbocycles. The first-order chi connectivity index (χ1) is 15.1. The van der Waals surface area contributed by atoms with Gasteiger partial charge >= 0.3 is 0 Å². The standard InChI is InChI=1S/C24H33N5O2/c1-17-7-9-18(10-8-17)22-27-21(16-31-22)11-13-26-24(25-2)28-20-12-14-29(15-20)23(30)19-5-3-4-6-19/h7-10,16,19-20H,3-6,11-15H2,1-2H3,(H2,25,26,28). The third kappa shape index (κ3) is 5.46. The Labute approximate surface area is 184 Å². The zero-order valence-corrected chi connectivity index (χ0v) is 18.6. The smallest absolute Gasteiger partial charge is 0.226 e. The van der Waals surface area contributed by atoms with Crippen LogP contribution in [0, 0.1) is 12.8 Å². The van der Waals surface area contributed by atoms with Crippen molar-refractivity contribution in [3.05, 3.63) is 41.8 Å². The highest BCUT2D eigenvalue weighted by Gasteiger charge is 2.32. The van der Waals surface area contributed by atoms with Crippen LogP contribution in [0.4, 0.5) is 0 Å². The topological polar surface area (TPSA) is 82.8 Å². The van der Waals surface area contributed by atoms with E-state index in [9.17, 15) is 4.79 Å². The number of nitrogens with zero attached hydrogens (tertiary/aromatic N) is 3. The maximum absolute atomic E-state index is 12.6. The van der Waals surface area contributed by atoms with Gasteiger partial charge in [-0.05, 0) is 38.3 Å². The molecule has 1 aromatic heterocycles. The molecule has 1 aliphatic heterocycles. The molecule has 1 aromatic carbocycles. The van der Waals surface area contributed by atoms with Gasteiger partial charge in [-0.1, -0.05) is 30.5 Å². The zero-order valence-electron chi connectivity index (χ0n) is 18.6. The Bertz CT molecular complexity index is 899. The van der Waals surface area contributed by atoms with Crippen molar-refractivity contribution in [3.63, 3.8) is 0 Å². The highest BCUT2D eigenvalue weighted by molar-refractivity contribution is 5.81. The molecular weight excluding hydrogens is 390 g/mol. The van der Waals surface area contributed by atoms with Gasteiger partial charge in [0.1, 0.15) is 6.26 Å². The van der Waals surface area contributed by atoms with Crippen LogP contribution in [0.25, 0.3) is 11.5 Å². The third-order valence-corrected chi connectivity index (χ3v) is 6.29. The van der Waals surface area contributed by atoms with Crippen molar-refractivity contribution in [1.82, 2.24) is 20.5 Å². The van der Waals surface area contributed by atoms with Crippen molar-refractivity contribution < 1.29 is 9.21 Å². The number of oxazole rings is 1. The van der Waals surface area contributed by atoms with Gasteiger partial charge in [-0.2, -0.15) is 0 Å². The average Bonchev–Trinajstić information content (AvgIpc) is 3.55. The first kappa shape index (κ1) is 21.4. The van der Waals surface area contributed by atoms with Gasteiger partial charge in [0.15, 0.2) is 5.96 Å². The van der Waals surface area contributed by atoms with Gasteiger partial charge in [-0.15, -0.1) is 0 Å². The minimum atomic E-state index is 0.247. The highest BCUT2D eigenvalue weighted by atomic mass is 16.3. The number of amides is 1. The molecule has 2 N–H and O–H groups in total. The van der Waals surface area contributed by atoms with E-state index in [4.69, 9.17) is 4.42 Å². The summed E-state index contributed by atoms with van der Waals surface area (Å²) in [6.45, 7) is 4.37. The first-order valence-corrected chi connectivity index (χ1v) is 11.4. The molecule has 4 rings (SSSR count). The largest absolute Gasteiger partial charge is 0.444 e.